The quantitative estimate of drug-likeness (QED) is 0.210. The van der Waals surface area contributed by atoms with E-state index in [2.05, 4.69) is 35.1 Å². The van der Waals surface area contributed by atoms with Crippen molar-refractivity contribution >= 4 is 40.8 Å². The van der Waals surface area contributed by atoms with Gasteiger partial charge in [0.2, 0.25) is 5.91 Å². The molecular weight excluding hydrogens is 572 g/mol. The van der Waals surface area contributed by atoms with Gasteiger partial charge in [0, 0.05) is 28.3 Å². The Morgan fingerprint density at radius 3 is 2.54 bits per heavy atom. The fourth-order valence-corrected chi connectivity index (χ4v) is 3.47. The zero-order valence-corrected chi connectivity index (χ0v) is 24.7. The SMILES string of the molecule is C=C/C=C(C1=NCc2cc(C(=O)OCCNC(=O)C(C)N)nn2-c2ccc(Cl)cc21)\C(F)=C/C.C=CC(=C)Cl.CO. The Balaban J connectivity index is 0.00000108. The van der Waals surface area contributed by atoms with Crippen LogP contribution in [-0.4, -0.2) is 58.8 Å². The number of carbonyl (C=O) groups is 2. The maximum absolute atomic E-state index is 14.7. The molecule has 1 amide bonds. The summed E-state index contributed by atoms with van der Waals surface area (Å²) < 4.78 is 21.4. The van der Waals surface area contributed by atoms with E-state index in [9.17, 15) is 14.0 Å². The van der Waals surface area contributed by atoms with Gasteiger partial charge in [-0.3, -0.25) is 9.79 Å². The van der Waals surface area contributed by atoms with Crippen LogP contribution < -0.4 is 11.1 Å². The van der Waals surface area contributed by atoms with Gasteiger partial charge in [0.25, 0.3) is 0 Å². The number of halogens is 3. The number of aliphatic hydroxyl groups excluding tert-OH is 1. The van der Waals surface area contributed by atoms with Crippen LogP contribution in [0.2, 0.25) is 5.02 Å². The van der Waals surface area contributed by atoms with Crippen molar-refractivity contribution in [2.45, 2.75) is 26.4 Å². The number of aliphatic hydroxyl groups is 1. The number of nitrogens with one attached hydrogen (secondary N) is 1. The Labute approximate surface area is 249 Å². The molecule has 220 valence electrons. The van der Waals surface area contributed by atoms with Gasteiger partial charge in [-0.1, -0.05) is 67.2 Å². The highest BCUT2D eigenvalue weighted by atomic mass is 35.5. The molecule has 0 spiro atoms. The van der Waals surface area contributed by atoms with Crippen LogP contribution in [0, 0.1) is 0 Å². The van der Waals surface area contributed by atoms with Crippen molar-refractivity contribution in [3.8, 4) is 5.69 Å². The normalized spacial score (nSPS) is 12.8. The van der Waals surface area contributed by atoms with E-state index in [-0.39, 0.29) is 36.9 Å². The number of nitrogens with zero attached hydrogens (tertiary/aromatic N) is 3. The van der Waals surface area contributed by atoms with Crippen LogP contribution in [-0.2, 0) is 16.1 Å². The molecule has 4 N–H and O–H groups in total. The molecule has 0 aliphatic carbocycles. The van der Waals surface area contributed by atoms with E-state index in [1.807, 2.05) is 0 Å². The van der Waals surface area contributed by atoms with E-state index < -0.39 is 17.8 Å². The molecule has 0 bridgehead atoms. The van der Waals surface area contributed by atoms with E-state index in [1.54, 1.807) is 48.9 Å². The van der Waals surface area contributed by atoms with Gasteiger partial charge in [0.05, 0.1) is 36.2 Å². The van der Waals surface area contributed by atoms with Crippen molar-refractivity contribution < 1.29 is 23.8 Å². The lowest BCUT2D eigenvalue weighted by molar-refractivity contribution is -0.122. The van der Waals surface area contributed by atoms with Crippen LogP contribution in [0.15, 0.2) is 89.7 Å². The summed E-state index contributed by atoms with van der Waals surface area (Å²) in [4.78, 5) is 28.6. The molecule has 9 nitrogen and oxygen atoms in total. The largest absolute Gasteiger partial charge is 0.459 e. The molecule has 0 fully saturated rings. The summed E-state index contributed by atoms with van der Waals surface area (Å²) in [6.07, 6.45) is 5.86. The first-order valence-electron chi connectivity index (χ1n) is 12.2. The highest BCUT2D eigenvalue weighted by Crippen LogP contribution is 2.30. The lowest BCUT2D eigenvalue weighted by Gasteiger charge is -2.13. The number of rotatable bonds is 9. The number of allylic oxidation sites excluding steroid dienone is 7. The summed E-state index contributed by atoms with van der Waals surface area (Å²) in [5, 5.41) is 14.9. The maximum Gasteiger partial charge on any atom is 0.358 e. The number of nitrogens with two attached hydrogens (primary N) is 1. The molecular formula is C29H34Cl2FN5O4. The molecule has 12 heteroatoms. The van der Waals surface area contributed by atoms with Crippen LogP contribution in [0.3, 0.4) is 0 Å². The number of amides is 1. The molecule has 41 heavy (non-hydrogen) atoms. The number of carbonyl (C=O) groups excluding carboxylic acids is 2. The molecule has 0 saturated carbocycles. The predicted molar refractivity (Wildman–Crippen MR) is 162 cm³/mol. The number of hydrogen-bond acceptors (Lipinski definition) is 7. The van der Waals surface area contributed by atoms with Crippen molar-refractivity contribution in [2.75, 3.05) is 20.3 Å². The molecule has 0 radical (unpaired) electrons. The minimum absolute atomic E-state index is 0.0354. The van der Waals surface area contributed by atoms with Crippen molar-refractivity contribution in [1.29, 1.82) is 0 Å². The van der Waals surface area contributed by atoms with Gasteiger partial charge >= 0.3 is 5.97 Å². The average Bonchev–Trinajstić information content (AvgIpc) is 3.33. The molecule has 1 aliphatic heterocycles. The number of fused-ring (bicyclic) bond motifs is 3. The summed E-state index contributed by atoms with van der Waals surface area (Å²) in [7, 11) is 1.00. The van der Waals surface area contributed by atoms with E-state index >= 15 is 0 Å². The second-order valence-electron chi connectivity index (χ2n) is 8.08. The minimum atomic E-state index is -0.651. The first kappa shape index (κ1) is 35.2. The lowest BCUT2D eigenvalue weighted by Crippen LogP contribution is -2.39. The smallest absolute Gasteiger partial charge is 0.358 e. The monoisotopic (exact) mass is 605 g/mol. The number of esters is 1. The van der Waals surface area contributed by atoms with Gasteiger partial charge in [0.15, 0.2) is 5.69 Å². The summed E-state index contributed by atoms with van der Waals surface area (Å²) in [5.74, 6) is -1.44. The predicted octanol–water partition coefficient (Wildman–Crippen LogP) is 4.97. The minimum Gasteiger partial charge on any atom is -0.459 e. The van der Waals surface area contributed by atoms with E-state index in [0.29, 0.717) is 32.7 Å². The van der Waals surface area contributed by atoms with E-state index in [0.717, 1.165) is 7.11 Å². The highest BCUT2D eigenvalue weighted by molar-refractivity contribution is 6.31. The van der Waals surface area contributed by atoms with Crippen LogP contribution in [0.5, 0.6) is 0 Å². The topological polar surface area (TPSA) is 132 Å². The number of hydrogen-bond donors (Lipinski definition) is 3. The fourth-order valence-electron chi connectivity index (χ4n) is 3.30. The zero-order chi connectivity index (χ0) is 31.1. The third kappa shape index (κ3) is 10.3. The second-order valence-corrected chi connectivity index (χ2v) is 9.00. The number of ether oxygens (including phenoxy) is 1. The standard InChI is InChI=1S/C24H25ClFN5O3.C4H5Cl.CH4O/c1-4-6-17(19(26)5-2)22-18-11-15(25)7-8-21(18)31-16(13-29-22)12-20(30-31)24(33)34-10-9-28-23(32)14(3)27;1-3-4(2)5;1-2/h4-8,11-12,14H,1,9-10,13,27H2,2-3H3,(H,28,32);3H,1-2H2;2H,1H3/b17-6+,19-5+;;. The van der Waals surface area contributed by atoms with Crippen molar-refractivity contribution in [2.24, 2.45) is 10.7 Å². The van der Waals surface area contributed by atoms with Crippen LogP contribution in [0.1, 0.15) is 35.6 Å². The Morgan fingerprint density at radius 1 is 1.32 bits per heavy atom. The summed E-state index contributed by atoms with van der Waals surface area (Å²) in [6.45, 7) is 13.7. The molecule has 1 aromatic carbocycles. The third-order valence-electron chi connectivity index (χ3n) is 5.15. The van der Waals surface area contributed by atoms with Crippen molar-refractivity contribution in [1.82, 2.24) is 15.1 Å². The summed E-state index contributed by atoms with van der Waals surface area (Å²) in [6, 6.07) is 5.99. The summed E-state index contributed by atoms with van der Waals surface area (Å²) >= 11 is 11.4. The van der Waals surface area contributed by atoms with Gasteiger partial charge in [-0.05, 0) is 38.1 Å². The number of benzene rings is 1. The van der Waals surface area contributed by atoms with E-state index in [4.69, 9.17) is 38.8 Å². The highest BCUT2D eigenvalue weighted by Gasteiger charge is 2.25. The molecule has 1 aromatic heterocycles. The van der Waals surface area contributed by atoms with Crippen molar-refractivity contribution in [3.05, 3.63) is 107 Å². The fraction of sp³-hybridized carbons (Fsp3) is 0.241. The second kappa shape index (κ2) is 17.8. The number of aliphatic imine (C=N–C) groups is 1. The summed E-state index contributed by atoms with van der Waals surface area (Å²) in [5.41, 5.74) is 7.95. The maximum atomic E-state index is 14.7. The average molecular weight is 607 g/mol. The first-order valence-corrected chi connectivity index (χ1v) is 13.0. The van der Waals surface area contributed by atoms with Gasteiger partial charge < -0.3 is 20.9 Å². The zero-order valence-electron chi connectivity index (χ0n) is 23.2. The Morgan fingerprint density at radius 2 is 1.98 bits per heavy atom. The molecule has 0 saturated heterocycles. The molecule has 2 heterocycles. The Hall–Kier alpha value is -3.83. The lowest BCUT2D eigenvalue weighted by atomic mass is 9.99. The van der Waals surface area contributed by atoms with Gasteiger partial charge in [-0.25, -0.2) is 13.9 Å². The number of aromatic nitrogens is 2. The molecule has 1 atom stereocenters. The van der Waals surface area contributed by atoms with Crippen LogP contribution in [0.4, 0.5) is 4.39 Å². The van der Waals surface area contributed by atoms with Gasteiger partial charge in [-0.2, -0.15) is 5.10 Å². The van der Waals surface area contributed by atoms with Crippen LogP contribution in [0.25, 0.3) is 5.69 Å². The molecule has 2 aromatic rings. The first-order chi connectivity index (χ1) is 19.5. The van der Waals surface area contributed by atoms with Gasteiger partial charge in [0.1, 0.15) is 12.4 Å². The van der Waals surface area contributed by atoms with Crippen LogP contribution >= 0.6 is 23.2 Å². The molecule has 3 rings (SSSR count). The molecule has 1 aliphatic rings. The molecule has 1 unspecified atom stereocenters. The van der Waals surface area contributed by atoms with E-state index in [1.165, 1.54) is 18.2 Å². The van der Waals surface area contributed by atoms with Gasteiger partial charge in [-0.15, -0.1) is 0 Å². The Kier molecular flexibility index (Phi) is 15.3. The van der Waals surface area contributed by atoms with Crippen molar-refractivity contribution in [3.63, 3.8) is 0 Å². The Bertz CT molecular complexity index is 1360. The third-order valence-corrected chi connectivity index (χ3v) is 5.54.